The summed E-state index contributed by atoms with van der Waals surface area (Å²) in [6.45, 7) is 0. The Kier molecular flexibility index (Phi) is 8.19. The van der Waals surface area contributed by atoms with E-state index in [0.29, 0.717) is 0 Å². The molecule has 58 heavy (non-hydrogen) atoms. The standard InChI is InChI=1S/C56H37NO/c1-3-13-38(14-4-1)39-27-30-45(31-28-39)57(46-20-11-19-43(35-46)49-23-12-18-40-17-7-8-21-48(40)49)47-32-33-50(52(37-47)41-15-5-2-6-16-41)44-26-25-42-29-34-55-56(53(42)36-44)51-22-9-10-24-54(51)58-55/h1-37H. The number of para-hydroxylation sites is 1. The van der Waals surface area contributed by atoms with E-state index in [-0.39, 0.29) is 0 Å². The van der Waals surface area contributed by atoms with Crippen molar-refractivity contribution in [2.45, 2.75) is 0 Å². The molecule has 1 heterocycles. The molecule has 1 aromatic heterocycles. The van der Waals surface area contributed by atoms with Crippen molar-refractivity contribution in [3.05, 3.63) is 224 Å². The molecule has 0 unspecified atom stereocenters. The van der Waals surface area contributed by atoms with Crippen LogP contribution in [0.25, 0.3) is 88.0 Å². The summed E-state index contributed by atoms with van der Waals surface area (Å²) in [6.07, 6.45) is 0. The van der Waals surface area contributed by atoms with E-state index >= 15 is 0 Å². The molecular formula is C56H37NO. The van der Waals surface area contributed by atoms with E-state index in [1.54, 1.807) is 0 Å². The number of hydrogen-bond acceptors (Lipinski definition) is 2. The molecule has 11 rings (SSSR count). The van der Waals surface area contributed by atoms with E-state index in [9.17, 15) is 0 Å². The molecule has 0 aliphatic carbocycles. The molecule has 2 heteroatoms. The second-order valence-corrected chi connectivity index (χ2v) is 14.9. The fourth-order valence-electron chi connectivity index (χ4n) is 8.66. The molecular weight excluding hydrogens is 703 g/mol. The Balaban J connectivity index is 1.10. The molecule has 0 saturated carbocycles. The summed E-state index contributed by atoms with van der Waals surface area (Å²) in [5.41, 5.74) is 14.5. The summed E-state index contributed by atoms with van der Waals surface area (Å²) in [5, 5.41) is 7.15. The maximum atomic E-state index is 6.31. The van der Waals surface area contributed by atoms with Crippen LogP contribution in [0.4, 0.5) is 17.1 Å². The van der Waals surface area contributed by atoms with Crippen molar-refractivity contribution in [2.75, 3.05) is 4.90 Å². The first kappa shape index (κ1) is 33.6. The van der Waals surface area contributed by atoms with Crippen LogP contribution < -0.4 is 4.90 Å². The smallest absolute Gasteiger partial charge is 0.136 e. The molecule has 10 aromatic carbocycles. The summed E-state index contributed by atoms with van der Waals surface area (Å²) in [7, 11) is 0. The Labute approximate surface area is 337 Å². The van der Waals surface area contributed by atoms with E-state index in [0.717, 1.165) is 55.7 Å². The van der Waals surface area contributed by atoms with Crippen molar-refractivity contribution in [1.82, 2.24) is 0 Å². The van der Waals surface area contributed by atoms with Gasteiger partial charge in [0, 0.05) is 27.8 Å². The number of anilines is 3. The first-order valence-electron chi connectivity index (χ1n) is 19.8. The van der Waals surface area contributed by atoms with Gasteiger partial charge in [-0.15, -0.1) is 0 Å². The Hall–Kier alpha value is -7.68. The van der Waals surface area contributed by atoms with Crippen molar-refractivity contribution >= 4 is 60.5 Å². The highest BCUT2D eigenvalue weighted by Crippen LogP contribution is 2.44. The third-order valence-electron chi connectivity index (χ3n) is 11.5. The van der Waals surface area contributed by atoms with Gasteiger partial charge in [0.05, 0.1) is 0 Å². The Morgan fingerprint density at radius 3 is 1.71 bits per heavy atom. The average Bonchev–Trinajstić information content (AvgIpc) is 3.69. The normalized spacial score (nSPS) is 11.4. The third-order valence-corrected chi connectivity index (χ3v) is 11.5. The van der Waals surface area contributed by atoms with Gasteiger partial charge < -0.3 is 9.32 Å². The monoisotopic (exact) mass is 739 g/mol. The third kappa shape index (κ3) is 5.91. The van der Waals surface area contributed by atoms with Crippen LogP contribution in [0.5, 0.6) is 0 Å². The van der Waals surface area contributed by atoms with Gasteiger partial charge >= 0.3 is 0 Å². The minimum absolute atomic E-state index is 0.907. The van der Waals surface area contributed by atoms with Gasteiger partial charge in [-0.3, -0.25) is 0 Å². The Morgan fingerprint density at radius 1 is 0.276 bits per heavy atom. The van der Waals surface area contributed by atoms with E-state index < -0.39 is 0 Å². The molecule has 0 radical (unpaired) electrons. The highest BCUT2D eigenvalue weighted by atomic mass is 16.3. The van der Waals surface area contributed by atoms with E-state index in [2.05, 4.69) is 223 Å². The number of furan rings is 1. The lowest BCUT2D eigenvalue weighted by Gasteiger charge is -2.27. The zero-order valence-electron chi connectivity index (χ0n) is 31.7. The lowest BCUT2D eigenvalue weighted by atomic mass is 9.91. The van der Waals surface area contributed by atoms with Gasteiger partial charge in [-0.1, -0.05) is 170 Å². The van der Waals surface area contributed by atoms with E-state index in [4.69, 9.17) is 4.42 Å². The minimum atomic E-state index is 0.907. The van der Waals surface area contributed by atoms with E-state index in [1.807, 2.05) is 6.07 Å². The number of fused-ring (bicyclic) bond motifs is 6. The number of benzene rings is 10. The second kappa shape index (κ2) is 14.1. The first-order chi connectivity index (χ1) is 28.7. The zero-order chi connectivity index (χ0) is 38.4. The molecule has 0 amide bonds. The average molecular weight is 740 g/mol. The lowest BCUT2D eigenvalue weighted by Crippen LogP contribution is -2.10. The van der Waals surface area contributed by atoms with Crippen molar-refractivity contribution in [1.29, 1.82) is 0 Å². The SMILES string of the molecule is c1ccc(-c2ccc(N(c3cccc(-c4cccc5ccccc45)c3)c3ccc(-c4ccc5ccc6oc7ccccc7c6c5c4)c(-c4ccccc4)c3)cc2)cc1. The van der Waals surface area contributed by atoms with Gasteiger partial charge in [-0.25, -0.2) is 0 Å². The highest BCUT2D eigenvalue weighted by Gasteiger charge is 2.19. The van der Waals surface area contributed by atoms with Gasteiger partial charge in [0.2, 0.25) is 0 Å². The van der Waals surface area contributed by atoms with Crippen molar-refractivity contribution < 1.29 is 4.42 Å². The van der Waals surface area contributed by atoms with Crippen molar-refractivity contribution in [2.24, 2.45) is 0 Å². The van der Waals surface area contributed by atoms with Crippen LogP contribution >= 0.6 is 0 Å². The highest BCUT2D eigenvalue weighted by molar-refractivity contribution is 6.19. The summed E-state index contributed by atoms with van der Waals surface area (Å²) in [5.74, 6) is 0. The number of hydrogen-bond donors (Lipinski definition) is 0. The van der Waals surface area contributed by atoms with E-state index in [1.165, 1.54) is 49.4 Å². The topological polar surface area (TPSA) is 16.4 Å². The first-order valence-corrected chi connectivity index (χ1v) is 19.8. The maximum Gasteiger partial charge on any atom is 0.136 e. The van der Waals surface area contributed by atoms with Crippen LogP contribution in [0.3, 0.4) is 0 Å². The number of nitrogens with zero attached hydrogens (tertiary/aromatic N) is 1. The van der Waals surface area contributed by atoms with Crippen LogP contribution in [0.2, 0.25) is 0 Å². The largest absolute Gasteiger partial charge is 0.456 e. The van der Waals surface area contributed by atoms with Gasteiger partial charge in [0.25, 0.3) is 0 Å². The second-order valence-electron chi connectivity index (χ2n) is 14.9. The summed E-state index contributed by atoms with van der Waals surface area (Å²) in [4.78, 5) is 2.39. The molecule has 0 spiro atoms. The van der Waals surface area contributed by atoms with Gasteiger partial charge in [0.15, 0.2) is 0 Å². The predicted octanol–water partition coefficient (Wildman–Crippen LogP) is 16.0. The molecule has 0 fully saturated rings. The van der Waals surface area contributed by atoms with Crippen LogP contribution in [-0.4, -0.2) is 0 Å². The van der Waals surface area contributed by atoms with Crippen LogP contribution in [0.15, 0.2) is 229 Å². The van der Waals surface area contributed by atoms with Gasteiger partial charge in [-0.2, -0.15) is 0 Å². The fraction of sp³-hybridized carbons (Fsp3) is 0. The molecule has 272 valence electrons. The fourth-order valence-corrected chi connectivity index (χ4v) is 8.66. The van der Waals surface area contributed by atoms with Crippen molar-refractivity contribution in [3.8, 4) is 44.5 Å². The van der Waals surface area contributed by atoms with Gasteiger partial charge in [-0.05, 0) is 121 Å². The molecule has 0 bridgehead atoms. The molecule has 2 nitrogen and oxygen atoms in total. The predicted molar refractivity (Wildman–Crippen MR) is 245 cm³/mol. The summed E-state index contributed by atoms with van der Waals surface area (Å²) >= 11 is 0. The minimum Gasteiger partial charge on any atom is -0.456 e. The van der Waals surface area contributed by atoms with Crippen LogP contribution in [0.1, 0.15) is 0 Å². The summed E-state index contributed by atoms with van der Waals surface area (Å²) in [6, 6.07) is 80.8. The van der Waals surface area contributed by atoms with Crippen molar-refractivity contribution in [3.63, 3.8) is 0 Å². The molecule has 0 N–H and O–H groups in total. The molecule has 0 aliphatic rings. The zero-order valence-corrected chi connectivity index (χ0v) is 31.7. The Bertz CT molecular complexity index is 3270. The molecule has 11 aromatic rings. The molecule has 0 atom stereocenters. The lowest BCUT2D eigenvalue weighted by molar-refractivity contribution is 0.669. The molecule has 0 saturated heterocycles. The number of rotatable bonds is 7. The summed E-state index contributed by atoms with van der Waals surface area (Å²) < 4.78 is 6.31. The van der Waals surface area contributed by atoms with Crippen LogP contribution in [0, 0.1) is 0 Å². The Morgan fingerprint density at radius 2 is 0.862 bits per heavy atom. The van der Waals surface area contributed by atoms with Crippen LogP contribution in [-0.2, 0) is 0 Å². The quantitative estimate of drug-likeness (QED) is 0.162. The van der Waals surface area contributed by atoms with Gasteiger partial charge in [0.1, 0.15) is 11.2 Å². The maximum absolute atomic E-state index is 6.31. The molecule has 0 aliphatic heterocycles.